The van der Waals surface area contributed by atoms with Gasteiger partial charge in [0.25, 0.3) is 0 Å². The number of methoxy groups -OCH3 is 1. The first-order valence-corrected chi connectivity index (χ1v) is 11.7. The highest BCUT2D eigenvalue weighted by Crippen LogP contribution is 2.49. The molecule has 0 radical (unpaired) electrons. The third-order valence-electron chi connectivity index (χ3n) is 6.64. The summed E-state index contributed by atoms with van der Waals surface area (Å²) in [7, 11) is 1.43. The van der Waals surface area contributed by atoms with Gasteiger partial charge in [-0.05, 0) is 48.2 Å². The number of aliphatic hydroxyl groups excluding tert-OH is 6. The van der Waals surface area contributed by atoms with E-state index in [9.17, 15) is 35.7 Å². The number of aromatic hydroxyl groups is 1. The molecular weight excluding hydrogens is 476 g/mol. The van der Waals surface area contributed by atoms with E-state index < -0.39 is 49.3 Å². The standard InChI is InChI=1S/C25H32O11/c1-33-19-8-13(4-5-16(19)29)24-15(10-27)14-9-17(12(3-2-6-26)7-18(14)34-24)35-25-23(32)22(31)21(30)20(11-28)36-25/h4-5,7-9,15,20-32H,2-3,6,10-11H2,1H3/t15-,20+,21+,22-,23+,24-,25+/m0/s1. The van der Waals surface area contributed by atoms with Gasteiger partial charge in [-0.2, -0.15) is 0 Å². The molecule has 2 aliphatic rings. The molecule has 2 heterocycles. The molecule has 0 unspecified atom stereocenters. The lowest BCUT2D eigenvalue weighted by atomic mass is 9.90. The number of fused-ring (bicyclic) bond motifs is 1. The summed E-state index contributed by atoms with van der Waals surface area (Å²) in [5.74, 6) is 0.508. The summed E-state index contributed by atoms with van der Waals surface area (Å²) in [6.45, 7) is -0.937. The van der Waals surface area contributed by atoms with Gasteiger partial charge < -0.3 is 54.7 Å². The van der Waals surface area contributed by atoms with Crippen molar-refractivity contribution in [2.24, 2.45) is 0 Å². The van der Waals surface area contributed by atoms with Crippen molar-refractivity contribution in [2.45, 2.75) is 55.6 Å². The number of aryl methyl sites for hydroxylation is 1. The topological polar surface area (TPSA) is 179 Å². The zero-order valence-corrected chi connectivity index (χ0v) is 19.7. The third-order valence-corrected chi connectivity index (χ3v) is 6.64. The van der Waals surface area contributed by atoms with E-state index in [1.54, 1.807) is 24.3 Å². The van der Waals surface area contributed by atoms with Gasteiger partial charge in [-0.25, -0.2) is 0 Å². The van der Waals surface area contributed by atoms with Crippen LogP contribution in [0.3, 0.4) is 0 Å². The van der Waals surface area contributed by atoms with E-state index >= 15 is 0 Å². The summed E-state index contributed by atoms with van der Waals surface area (Å²) in [5, 5.41) is 69.6. The molecule has 0 spiro atoms. The lowest BCUT2D eigenvalue weighted by Gasteiger charge is -2.39. The first kappa shape index (κ1) is 26.4. The second kappa shape index (κ2) is 11.2. The molecule has 7 atom stereocenters. The first-order valence-electron chi connectivity index (χ1n) is 11.7. The summed E-state index contributed by atoms with van der Waals surface area (Å²) in [6, 6.07) is 8.17. The van der Waals surface area contributed by atoms with Gasteiger partial charge in [0, 0.05) is 12.2 Å². The highest BCUT2D eigenvalue weighted by molar-refractivity contribution is 5.53. The van der Waals surface area contributed by atoms with Crippen LogP contribution < -0.4 is 14.2 Å². The minimum Gasteiger partial charge on any atom is -0.504 e. The summed E-state index contributed by atoms with van der Waals surface area (Å²) < 4.78 is 22.8. The Balaban J connectivity index is 1.68. The third kappa shape index (κ3) is 4.96. The van der Waals surface area contributed by atoms with Gasteiger partial charge >= 0.3 is 0 Å². The predicted molar refractivity (Wildman–Crippen MR) is 124 cm³/mol. The number of ether oxygens (including phenoxy) is 4. The number of benzene rings is 2. The first-order chi connectivity index (χ1) is 17.3. The maximum atomic E-state index is 10.4. The molecule has 7 N–H and O–H groups in total. The largest absolute Gasteiger partial charge is 0.504 e. The molecule has 2 aliphatic heterocycles. The van der Waals surface area contributed by atoms with E-state index in [1.165, 1.54) is 13.2 Å². The Bertz CT molecular complexity index is 1040. The molecule has 36 heavy (non-hydrogen) atoms. The van der Waals surface area contributed by atoms with Crippen molar-refractivity contribution >= 4 is 0 Å². The molecule has 0 bridgehead atoms. The van der Waals surface area contributed by atoms with E-state index in [2.05, 4.69) is 0 Å². The minimum atomic E-state index is -1.60. The Hall–Kier alpha value is -2.64. The second-order valence-electron chi connectivity index (χ2n) is 8.90. The quantitative estimate of drug-likeness (QED) is 0.237. The van der Waals surface area contributed by atoms with Gasteiger partial charge in [0.15, 0.2) is 11.5 Å². The maximum Gasteiger partial charge on any atom is 0.229 e. The maximum absolute atomic E-state index is 10.4. The van der Waals surface area contributed by atoms with Crippen LogP contribution in [0.5, 0.6) is 23.0 Å². The normalized spacial score (nSPS) is 29.5. The Morgan fingerprint density at radius 1 is 0.917 bits per heavy atom. The van der Waals surface area contributed by atoms with Crippen molar-refractivity contribution in [3.8, 4) is 23.0 Å². The fourth-order valence-electron chi connectivity index (χ4n) is 4.62. The molecule has 1 fully saturated rings. The molecule has 1 saturated heterocycles. The van der Waals surface area contributed by atoms with Crippen LogP contribution in [0.2, 0.25) is 0 Å². The number of aliphatic hydroxyl groups is 6. The monoisotopic (exact) mass is 508 g/mol. The van der Waals surface area contributed by atoms with Crippen LogP contribution >= 0.6 is 0 Å². The van der Waals surface area contributed by atoms with Gasteiger partial charge in [-0.3, -0.25) is 0 Å². The fraction of sp³-hybridized carbons (Fsp3) is 0.520. The van der Waals surface area contributed by atoms with Crippen LogP contribution in [0.4, 0.5) is 0 Å². The predicted octanol–water partition coefficient (Wildman–Crippen LogP) is -0.286. The van der Waals surface area contributed by atoms with E-state index in [0.29, 0.717) is 35.3 Å². The van der Waals surface area contributed by atoms with Crippen molar-refractivity contribution in [1.82, 2.24) is 0 Å². The average molecular weight is 509 g/mol. The Kier molecular flexibility index (Phi) is 8.20. The van der Waals surface area contributed by atoms with Crippen LogP contribution in [0.25, 0.3) is 0 Å². The van der Waals surface area contributed by atoms with Crippen LogP contribution in [-0.2, 0) is 11.2 Å². The van der Waals surface area contributed by atoms with Crippen LogP contribution in [0, 0.1) is 0 Å². The van der Waals surface area contributed by atoms with Crippen molar-refractivity contribution in [3.63, 3.8) is 0 Å². The molecule has 4 rings (SSSR count). The smallest absolute Gasteiger partial charge is 0.229 e. The van der Waals surface area contributed by atoms with Gasteiger partial charge in [0.2, 0.25) is 6.29 Å². The van der Waals surface area contributed by atoms with Crippen molar-refractivity contribution in [1.29, 1.82) is 0 Å². The second-order valence-corrected chi connectivity index (χ2v) is 8.90. The summed E-state index contributed by atoms with van der Waals surface area (Å²) in [5.41, 5.74) is 1.93. The zero-order valence-electron chi connectivity index (χ0n) is 19.7. The summed E-state index contributed by atoms with van der Waals surface area (Å²) >= 11 is 0. The van der Waals surface area contributed by atoms with Crippen LogP contribution in [-0.4, -0.2) is 93.4 Å². The fourth-order valence-corrected chi connectivity index (χ4v) is 4.62. The zero-order chi connectivity index (χ0) is 26.0. The van der Waals surface area contributed by atoms with Crippen molar-refractivity contribution in [2.75, 3.05) is 26.9 Å². The summed E-state index contributed by atoms with van der Waals surface area (Å²) in [4.78, 5) is 0. The Morgan fingerprint density at radius 2 is 1.69 bits per heavy atom. The SMILES string of the molecule is COc1cc([C@@H]2Oc3cc(CCCO)c(O[C@@H]4O[C@H](CO)[C@@H](O)[C@H](O)[C@H]4O)cc3[C@@H]2CO)ccc1O. The molecular formula is C25H32O11. The molecule has 0 aromatic heterocycles. The molecule has 0 amide bonds. The number of hydrogen-bond donors (Lipinski definition) is 7. The van der Waals surface area contributed by atoms with Gasteiger partial charge in [0.05, 0.1) is 26.2 Å². The number of phenolic OH excluding ortho intramolecular Hbond substituents is 1. The number of rotatable bonds is 9. The minimum absolute atomic E-state index is 0.0289. The lowest BCUT2D eigenvalue weighted by molar-refractivity contribution is -0.277. The molecule has 11 heteroatoms. The van der Waals surface area contributed by atoms with Gasteiger partial charge in [0.1, 0.15) is 42.0 Å². The average Bonchev–Trinajstić information content (AvgIpc) is 3.25. The van der Waals surface area contributed by atoms with E-state index in [0.717, 1.165) is 0 Å². The molecule has 0 aliphatic carbocycles. The molecule has 2 aromatic carbocycles. The molecule has 2 aromatic rings. The van der Waals surface area contributed by atoms with E-state index in [-0.39, 0.29) is 30.5 Å². The lowest BCUT2D eigenvalue weighted by Crippen LogP contribution is -2.60. The Morgan fingerprint density at radius 3 is 2.36 bits per heavy atom. The van der Waals surface area contributed by atoms with Gasteiger partial charge in [-0.1, -0.05) is 6.07 Å². The van der Waals surface area contributed by atoms with Crippen LogP contribution in [0.15, 0.2) is 30.3 Å². The molecule has 0 saturated carbocycles. The van der Waals surface area contributed by atoms with Gasteiger partial charge in [-0.15, -0.1) is 0 Å². The summed E-state index contributed by atoms with van der Waals surface area (Å²) in [6.07, 6.45) is -7.03. The van der Waals surface area contributed by atoms with Crippen molar-refractivity contribution in [3.05, 3.63) is 47.0 Å². The van der Waals surface area contributed by atoms with Crippen molar-refractivity contribution < 1.29 is 54.7 Å². The molecule has 198 valence electrons. The van der Waals surface area contributed by atoms with E-state index in [4.69, 9.17) is 18.9 Å². The molecule has 11 nitrogen and oxygen atoms in total. The van der Waals surface area contributed by atoms with E-state index in [1.807, 2.05) is 0 Å². The highest BCUT2D eigenvalue weighted by atomic mass is 16.7. The highest BCUT2D eigenvalue weighted by Gasteiger charge is 2.45. The number of hydrogen-bond acceptors (Lipinski definition) is 11. The number of phenols is 1. The Labute approximate surface area is 207 Å². The van der Waals surface area contributed by atoms with Crippen LogP contribution in [0.1, 0.15) is 35.1 Å².